The Hall–Kier alpha value is -1.84. The monoisotopic (exact) mass is 274 g/mol. The standard InChI is InChI=1S/C16H26N4/c1-7-10-13-12-15(20(19-13)16(4,5)6)18-14(9-3)17-11-8-2/h8-9,11-12H,3,7,10H2,1-2,4-6H3,(H,17,18)/b11-8-. The van der Waals surface area contributed by atoms with E-state index in [-0.39, 0.29) is 5.54 Å². The lowest BCUT2D eigenvalue weighted by Crippen LogP contribution is -2.26. The number of allylic oxidation sites excluding steroid dienone is 1. The van der Waals surface area contributed by atoms with E-state index in [2.05, 4.69) is 55.7 Å². The van der Waals surface area contributed by atoms with Gasteiger partial charge in [0.25, 0.3) is 0 Å². The van der Waals surface area contributed by atoms with E-state index in [0.717, 1.165) is 30.2 Å². The molecule has 1 rings (SSSR count). The molecule has 0 aliphatic heterocycles. The van der Waals surface area contributed by atoms with Gasteiger partial charge in [-0.05, 0) is 40.2 Å². The van der Waals surface area contributed by atoms with Gasteiger partial charge in [-0.25, -0.2) is 9.67 Å². The largest absolute Gasteiger partial charge is 0.325 e. The Morgan fingerprint density at radius 3 is 2.70 bits per heavy atom. The van der Waals surface area contributed by atoms with Crippen LogP contribution in [0.5, 0.6) is 0 Å². The zero-order valence-electron chi connectivity index (χ0n) is 13.3. The van der Waals surface area contributed by atoms with Crippen molar-refractivity contribution in [2.75, 3.05) is 5.32 Å². The highest BCUT2D eigenvalue weighted by molar-refractivity contribution is 6.03. The van der Waals surface area contributed by atoms with E-state index in [1.807, 2.05) is 17.7 Å². The summed E-state index contributed by atoms with van der Waals surface area (Å²) in [5.41, 5.74) is 1.01. The number of aryl methyl sites for hydroxylation is 1. The Balaban J connectivity index is 3.12. The van der Waals surface area contributed by atoms with Crippen LogP contribution in [0.1, 0.15) is 46.7 Å². The van der Waals surface area contributed by atoms with Gasteiger partial charge >= 0.3 is 0 Å². The molecule has 1 aromatic heterocycles. The topological polar surface area (TPSA) is 42.2 Å². The summed E-state index contributed by atoms with van der Waals surface area (Å²) in [6.07, 6.45) is 7.40. The molecule has 4 heteroatoms. The van der Waals surface area contributed by atoms with Crippen LogP contribution < -0.4 is 5.32 Å². The second kappa shape index (κ2) is 7.08. The van der Waals surface area contributed by atoms with E-state index in [4.69, 9.17) is 0 Å². The van der Waals surface area contributed by atoms with Crippen molar-refractivity contribution in [1.29, 1.82) is 0 Å². The average molecular weight is 274 g/mol. The van der Waals surface area contributed by atoms with Gasteiger partial charge in [-0.1, -0.05) is 26.0 Å². The first-order valence-corrected chi connectivity index (χ1v) is 7.10. The van der Waals surface area contributed by atoms with Crippen LogP contribution >= 0.6 is 0 Å². The van der Waals surface area contributed by atoms with Crippen molar-refractivity contribution in [1.82, 2.24) is 9.78 Å². The van der Waals surface area contributed by atoms with Crippen LogP contribution in [0.2, 0.25) is 0 Å². The molecular formula is C16H26N4. The van der Waals surface area contributed by atoms with Crippen molar-refractivity contribution in [2.24, 2.45) is 4.99 Å². The fraction of sp³-hybridized carbons (Fsp3) is 0.500. The molecule has 0 aliphatic carbocycles. The molecule has 1 heterocycles. The number of rotatable bonds is 5. The fourth-order valence-corrected chi connectivity index (χ4v) is 1.83. The molecule has 4 nitrogen and oxygen atoms in total. The van der Waals surface area contributed by atoms with E-state index in [9.17, 15) is 0 Å². The summed E-state index contributed by atoms with van der Waals surface area (Å²) in [6, 6.07) is 2.09. The molecule has 110 valence electrons. The quantitative estimate of drug-likeness (QED) is 0.648. The van der Waals surface area contributed by atoms with Gasteiger partial charge in [-0.15, -0.1) is 0 Å². The van der Waals surface area contributed by atoms with E-state index >= 15 is 0 Å². The van der Waals surface area contributed by atoms with Crippen molar-refractivity contribution in [3.05, 3.63) is 36.7 Å². The molecule has 0 aromatic carbocycles. The summed E-state index contributed by atoms with van der Waals surface area (Å²) < 4.78 is 2.01. The predicted molar refractivity (Wildman–Crippen MR) is 87.3 cm³/mol. The minimum atomic E-state index is -0.0821. The van der Waals surface area contributed by atoms with Gasteiger partial charge in [0.2, 0.25) is 0 Å². The Morgan fingerprint density at radius 2 is 2.20 bits per heavy atom. The number of nitrogens with zero attached hydrogens (tertiary/aromatic N) is 3. The van der Waals surface area contributed by atoms with Crippen LogP contribution in [0.25, 0.3) is 0 Å². The highest BCUT2D eigenvalue weighted by Crippen LogP contribution is 2.22. The molecule has 0 aliphatic rings. The van der Waals surface area contributed by atoms with Crippen molar-refractivity contribution < 1.29 is 0 Å². The van der Waals surface area contributed by atoms with Crippen LogP contribution in [0.15, 0.2) is 36.0 Å². The van der Waals surface area contributed by atoms with Crippen LogP contribution in [0.3, 0.4) is 0 Å². The molecule has 0 bridgehead atoms. The molecule has 0 fully saturated rings. The lowest BCUT2D eigenvalue weighted by atomic mass is 10.1. The second-order valence-corrected chi connectivity index (χ2v) is 5.68. The maximum absolute atomic E-state index is 4.69. The first kappa shape index (κ1) is 16.2. The van der Waals surface area contributed by atoms with Gasteiger partial charge in [0.1, 0.15) is 11.7 Å². The first-order valence-electron chi connectivity index (χ1n) is 7.10. The first-order chi connectivity index (χ1) is 9.42. The molecule has 1 aromatic rings. The third kappa shape index (κ3) is 4.37. The number of hydrogen-bond acceptors (Lipinski definition) is 2. The molecule has 0 atom stereocenters. The lowest BCUT2D eigenvalue weighted by Gasteiger charge is -2.22. The van der Waals surface area contributed by atoms with Gasteiger partial charge < -0.3 is 5.32 Å². The van der Waals surface area contributed by atoms with Crippen molar-refractivity contribution >= 4 is 11.7 Å². The van der Waals surface area contributed by atoms with Gasteiger partial charge in [0.05, 0.1) is 11.2 Å². The van der Waals surface area contributed by atoms with Gasteiger partial charge in [-0.3, -0.25) is 0 Å². The maximum Gasteiger partial charge on any atom is 0.130 e. The zero-order valence-corrected chi connectivity index (χ0v) is 13.3. The van der Waals surface area contributed by atoms with Crippen molar-refractivity contribution in [3.8, 4) is 0 Å². The Kier molecular flexibility index (Phi) is 5.74. The normalized spacial score (nSPS) is 12.9. The second-order valence-electron chi connectivity index (χ2n) is 5.68. The van der Waals surface area contributed by atoms with Crippen LogP contribution in [0.4, 0.5) is 5.82 Å². The molecule has 0 amide bonds. The number of aromatic nitrogens is 2. The smallest absolute Gasteiger partial charge is 0.130 e. The van der Waals surface area contributed by atoms with Crippen LogP contribution in [-0.4, -0.2) is 15.6 Å². The molecule has 0 saturated heterocycles. The predicted octanol–water partition coefficient (Wildman–Crippen LogP) is 4.12. The molecule has 0 radical (unpaired) electrons. The zero-order chi connectivity index (χ0) is 15.2. The van der Waals surface area contributed by atoms with Gasteiger partial charge in [-0.2, -0.15) is 5.10 Å². The van der Waals surface area contributed by atoms with Gasteiger partial charge in [0, 0.05) is 12.3 Å². The molecule has 0 spiro atoms. The SMILES string of the molecule is C=CC(=N/C=C\C)Nc1cc(CCC)nn1C(C)(C)C. The summed E-state index contributed by atoms with van der Waals surface area (Å²) >= 11 is 0. The summed E-state index contributed by atoms with van der Waals surface area (Å²) in [5.74, 6) is 1.67. The number of amidine groups is 1. The Morgan fingerprint density at radius 1 is 1.50 bits per heavy atom. The third-order valence-electron chi connectivity index (χ3n) is 2.71. The molecule has 0 saturated carbocycles. The molecule has 20 heavy (non-hydrogen) atoms. The number of nitrogens with one attached hydrogen (secondary N) is 1. The number of aliphatic imine (C=N–C) groups is 1. The summed E-state index contributed by atoms with van der Waals surface area (Å²) in [4.78, 5) is 4.30. The van der Waals surface area contributed by atoms with E-state index in [0.29, 0.717) is 0 Å². The lowest BCUT2D eigenvalue weighted by molar-refractivity contribution is 0.359. The van der Waals surface area contributed by atoms with E-state index in [1.165, 1.54) is 0 Å². The highest BCUT2D eigenvalue weighted by Gasteiger charge is 2.19. The minimum Gasteiger partial charge on any atom is -0.325 e. The molecule has 1 N–H and O–H groups in total. The molecular weight excluding hydrogens is 248 g/mol. The highest BCUT2D eigenvalue weighted by atomic mass is 15.4. The Labute approximate surface area is 122 Å². The fourth-order valence-electron chi connectivity index (χ4n) is 1.83. The van der Waals surface area contributed by atoms with Crippen LogP contribution in [0, 0.1) is 0 Å². The van der Waals surface area contributed by atoms with Crippen LogP contribution in [-0.2, 0) is 12.0 Å². The van der Waals surface area contributed by atoms with E-state index in [1.54, 1.807) is 12.3 Å². The Bertz CT molecular complexity index is 501. The van der Waals surface area contributed by atoms with Crippen molar-refractivity contribution in [3.63, 3.8) is 0 Å². The summed E-state index contributed by atoms with van der Waals surface area (Å²) in [7, 11) is 0. The third-order valence-corrected chi connectivity index (χ3v) is 2.71. The minimum absolute atomic E-state index is 0.0821. The average Bonchev–Trinajstić information content (AvgIpc) is 2.77. The van der Waals surface area contributed by atoms with Gasteiger partial charge in [0.15, 0.2) is 0 Å². The summed E-state index contributed by atoms with van der Waals surface area (Å²) in [5, 5.41) is 7.98. The number of anilines is 1. The number of hydrogen-bond donors (Lipinski definition) is 1. The van der Waals surface area contributed by atoms with E-state index < -0.39 is 0 Å². The molecule has 0 unspecified atom stereocenters. The summed E-state index contributed by atoms with van der Waals surface area (Å²) in [6.45, 7) is 14.3. The maximum atomic E-state index is 4.69. The van der Waals surface area contributed by atoms with Crippen molar-refractivity contribution in [2.45, 2.75) is 53.0 Å².